The Hall–Kier alpha value is -0.635. The first-order valence-electron chi connectivity index (χ1n) is 3.93. The lowest BCUT2D eigenvalue weighted by Crippen LogP contribution is -2.36. The first-order valence-corrected chi connectivity index (χ1v) is 4.31. The number of hydrogen-bond acceptors (Lipinski definition) is 0. The van der Waals surface area contributed by atoms with Crippen molar-refractivity contribution in [3.05, 3.63) is 28.8 Å². The highest BCUT2D eigenvalue weighted by Gasteiger charge is 2.27. The molecule has 1 aromatic rings. The summed E-state index contributed by atoms with van der Waals surface area (Å²) in [5, 5.41) is 0.348. The molecular weight excluding hydrogens is 199 g/mol. The van der Waals surface area contributed by atoms with Crippen LogP contribution >= 0.6 is 11.6 Å². The van der Waals surface area contributed by atoms with Crippen molar-refractivity contribution in [1.29, 1.82) is 0 Å². The Morgan fingerprint density at radius 1 is 1.31 bits per heavy atom. The highest BCUT2D eigenvalue weighted by Crippen LogP contribution is 2.16. The molecule has 0 aliphatic rings. The molecule has 0 saturated carbocycles. The van der Waals surface area contributed by atoms with Crippen molar-refractivity contribution in [1.82, 2.24) is 0 Å². The van der Waals surface area contributed by atoms with Crippen LogP contribution in [-0.2, 0) is 6.42 Å². The number of halogens is 4. The molecule has 0 nitrogen and oxygen atoms in total. The summed E-state index contributed by atoms with van der Waals surface area (Å²) in [6, 6.07) is 3.68. The van der Waals surface area contributed by atoms with Gasteiger partial charge in [-0.1, -0.05) is 30.2 Å². The molecule has 0 heterocycles. The molecule has 0 spiro atoms. The van der Waals surface area contributed by atoms with E-state index in [0.717, 1.165) is 6.07 Å². The molecule has 0 aromatic heterocycles. The first kappa shape index (κ1) is 10.4. The van der Waals surface area contributed by atoms with E-state index in [-0.39, 0.29) is 5.56 Å². The van der Waals surface area contributed by atoms with Gasteiger partial charge in [-0.3, -0.25) is 0 Å². The molecule has 0 aliphatic carbocycles. The van der Waals surface area contributed by atoms with Gasteiger partial charge in [0.15, 0.2) is 0 Å². The normalized spacial score (nSPS) is 11.8. The van der Waals surface area contributed by atoms with E-state index in [9.17, 15) is 12.9 Å². The lowest BCUT2D eigenvalue weighted by atomic mass is 9.76. The Kier molecular flexibility index (Phi) is 2.91. The third-order valence-electron chi connectivity index (χ3n) is 1.84. The van der Waals surface area contributed by atoms with Crippen LogP contribution in [0.4, 0.5) is 12.9 Å². The summed E-state index contributed by atoms with van der Waals surface area (Å²) in [6.07, 6.45) is 0.344. The van der Waals surface area contributed by atoms with E-state index < -0.39 is 12.4 Å². The molecule has 0 aliphatic heterocycles. The predicted octanol–water partition coefficient (Wildman–Crippen LogP) is 2.96. The summed E-state index contributed by atoms with van der Waals surface area (Å²) in [4.78, 5) is 0. The van der Waals surface area contributed by atoms with Crippen LogP contribution in [0.3, 0.4) is 0 Å². The quantitative estimate of drug-likeness (QED) is 0.654. The molecule has 72 valence electrons. The van der Waals surface area contributed by atoms with E-state index in [2.05, 4.69) is 0 Å². The summed E-state index contributed by atoms with van der Waals surface area (Å²) in [6.45, 7) is -3.23. The maximum absolute atomic E-state index is 12.4. The molecule has 0 saturated heterocycles. The van der Waals surface area contributed by atoms with E-state index >= 15 is 0 Å². The molecular formula is C8H8BClF3-. The largest absolute Gasteiger partial charge is 0.509 e. The van der Waals surface area contributed by atoms with Crippen LogP contribution in [0, 0.1) is 0 Å². The number of rotatable bonds is 2. The number of hydrogen-bond donors (Lipinski definition) is 0. The smallest absolute Gasteiger partial charge is 0.445 e. The van der Waals surface area contributed by atoms with Crippen LogP contribution in [-0.4, -0.2) is 6.98 Å². The van der Waals surface area contributed by atoms with Gasteiger partial charge in [-0.2, -0.15) is 0 Å². The highest BCUT2D eigenvalue weighted by molar-refractivity contribution is 6.74. The Bertz CT molecular complexity index is 309. The summed E-state index contributed by atoms with van der Waals surface area (Å²) >= 11 is 5.59. The Labute approximate surface area is 79.8 Å². The average Bonchev–Trinajstić information content (AvgIpc) is 2.01. The molecule has 0 fully saturated rings. The molecule has 1 rings (SSSR count). The van der Waals surface area contributed by atoms with Crippen LogP contribution in [0.25, 0.3) is 0 Å². The van der Waals surface area contributed by atoms with Crippen LogP contribution in [0.1, 0.15) is 12.5 Å². The minimum Gasteiger partial charge on any atom is -0.445 e. The van der Waals surface area contributed by atoms with Crippen LogP contribution in [0.15, 0.2) is 18.2 Å². The third-order valence-corrected chi connectivity index (χ3v) is 2.07. The van der Waals surface area contributed by atoms with Crippen molar-refractivity contribution < 1.29 is 12.9 Å². The van der Waals surface area contributed by atoms with Crippen molar-refractivity contribution in [3.8, 4) is 0 Å². The molecule has 0 unspecified atom stereocenters. The van der Waals surface area contributed by atoms with Crippen molar-refractivity contribution in [2.24, 2.45) is 0 Å². The zero-order valence-electron chi connectivity index (χ0n) is 7.03. The van der Waals surface area contributed by atoms with Crippen LogP contribution in [0.2, 0.25) is 5.02 Å². The second kappa shape index (κ2) is 3.62. The topological polar surface area (TPSA) is 0 Å². The van der Waals surface area contributed by atoms with E-state index in [1.807, 2.05) is 0 Å². The maximum Gasteiger partial charge on any atom is 0.509 e. The number of aryl methyl sites for hydroxylation is 1. The van der Waals surface area contributed by atoms with Gasteiger partial charge in [0, 0.05) is 5.02 Å². The Morgan fingerprint density at radius 3 is 2.38 bits per heavy atom. The lowest BCUT2D eigenvalue weighted by Gasteiger charge is -2.18. The molecule has 1 aromatic carbocycles. The van der Waals surface area contributed by atoms with Gasteiger partial charge in [0.25, 0.3) is 0 Å². The molecule has 5 heteroatoms. The lowest BCUT2D eigenvalue weighted by molar-refractivity contribution is 0.500. The molecule has 0 atom stereocenters. The minimum atomic E-state index is -4.91. The fourth-order valence-corrected chi connectivity index (χ4v) is 1.39. The van der Waals surface area contributed by atoms with Crippen molar-refractivity contribution in [3.63, 3.8) is 0 Å². The summed E-state index contributed by atoms with van der Waals surface area (Å²) in [5.74, 6) is 0. The highest BCUT2D eigenvalue weighted by atomic mass is 35.5. The predicted molar refractivity (Wildman–Crippen MR) is 49.5 cm³/mol. The standard InChI is InChI=1S/C8H8BClF3/c1-2-6-5-7(10)3-4-8(6)9(11,12)13/h3-5H,2H2,1H3/q-1. The minimum absolute atomic E-state index is 0.264. The second-order valence-corrected chi connectivity index (χ2v) is 3.21. The van der Waals surface area contributed by atoms with E-state index in [0.29, 0.717) is 11.4 Å². The Morgan fingerprint density at radius 2 is 1.92 bits per heavy atom. The zero-order valence-corrected chi connectivity index (χ0v) is 7.78. The molecule has 0 amide bonds. The van der Waals surface area contributed by atoms with E-state index in [4.69, 9.17) is 11.6 Å². The average molecular weight is 207 g/mol. The monoisotopic (exact) mass is 207 g/mol. The SMILES string of the molecule is CCc1cc(Cl)ccc1[B-](F)(F)F. The summed E-state index contributed by atoms with van der Waals surface area (Å²) in [7, 11) is 0. The fourth-order valence-electron chi connectivity index (χ4n) is 1.20. The molecule has 0 bridgehead atoms. The summed E-state index contributed by atoms with van der Waals surface area (Å²) in [5.41, 5.74) is -0.271. The van der Waals surface area contributed by atoms with Crippen LogP contribution in [0.5, 0.6) is 0 Å². The van der Waals surface area contributed by atoms with Crippen molar-refractivity contribution in [2.45, 2.75) is 13.3 Å². The van der Waals surface area contributed by atoms with E-state index in [1.54, 1.807) is 6.92 Å². The van der Waals surface area contributed by atoms with E-state index in [1.165, 1.54) is 12.1 Å². The van der Waals surface area contributed by atoms with Gasteiger partial charge < -0.3 is 12.9 Å². The van der Waals surface area contributed by atoms with Gasteiger partial charge in [-0.15, -0.1) is 5.46 Å². The first-order chi connectivity index (χ1) is 5.95. The second-order valence-electron chi connectivity index (χ2n) is 2.77. The van der Waals surface area contributed by atoms with Gasteiger partial charge in [0.1, 0.15) is 0 Å². The number of benzene rings is 1. The third kappa shape index (κ3) is 2.40. The van der Waals surface area contributed by atoms with Gasteiger partial charge in [-0.05, 0) is 18.6 Å². The van der Waals surface area contributed by atoms with Crippen LogP contribution < -0.4 is 5.46 Å². The summed E-state index contributed by atoms with van der Waals surface area (Å²) < 4.78 is 37.2. The van der Waals surface area contributed by atoms with Gasteiger partial charge >= 0.3 is 6.98 Å². The Balaban J connectivity index is 3.22. The van der Waals surface area contributed by atoms with Crippen molar-refractivity contribution >= 4 is 24.0 Å². The fraction of sp³-hybridized carbons (Fsp3) is 0.250. The van der Waals surface area contributed by atoms with Crippen molar-refractivity contribution in [2.75, 3.05) is 0 Å². The zero-order chi connectivity index (χ0) is 10.1. The molecule has 0 radical (unpaired) electrons. The van der Waals surface area contributed by atoms with Gasteiger partial charge in [0.05, 0.1) is 0 Å². The van der Waals surface area contributed by atoms with Gasteiger partial charge in [0.2, 0.25) is 0 Å². The maximum atomic E-state index is 12.4. The van der Waals surface area contributed by atoms with Gasteiger partial charge in [-0.25, -0.2) is 0 Å². The molecule has 0 N–H and O–H groups in total. The molecule has 13 heavy (non-hydrogen) atoms.